The molecule has 1 heterocycles. The summed E-state index contributed by atoms with van der Waals surface area (Å²) < 4.78 is 11.9. The minimum atomic E-state index is -0.342. The summed E-state index contributed by atoms with van der Waals surface area (Å²) in [5, 5.41) is 0. The highest BCUT2D eigenvalue weighted by Crippen LogP contribution is 2.45. The van der Waals surface area contributed by atoms with Crippen molar-refractivity contribution in [2.45, 2.75) is 27.1 Å². The molecule has 2 N–H and O–H groups in total. The SMILES string of the molecule is C.Cc1ccc(COc2ccc3c(c2)Oc2ccccc2C3ON)cc1. The Balaban J connectivity index is 0.00000196. The zero-order valence-corrected chi connectivity index (χ0v) is 13.9. The summed E-state index contributed by atoms with van der Waals surface area (Å²) in [7, 11) is 0. The van der Waals surface area contributed by atoms with E-state index in [4.69, 9.17) is 20.2 Å². The third-order valence-electron chi connectivity index (χ3n) is 4.35. The lowest BCUT2D eigenvalue weighted by molar-refractivity contribution is 0.0740. The first-order valence-corrected chi connectivity index (χ1v) is 8.19. The van der Waals surface area contributed by atoms with E-state index >= 15 is 0 Å². The molecule has 26 heavy (non-hydrogen) atoms. The van der Waals surface area contributed by atoms with Gasteiger partial charge >= 0.3 is 0 Å². The van der Waals surface area contributed by atoms with E-state index in [0.717, 1.165) is 28.2 Å². The van der Waals surface area contributed by atoms with Gasteiger partial charge in [0.2, 0.25) is 0 Å². The second kappa shape index (κ2) is 7.60. The molecule has 0 saturated heterocycles. The van der Waals surface area contributed by atoms with E-state index < -0.39 is 0 Å². The molecule has 0 aliphatic carbocycles. The van der Waals surface area contributed by atoms with Gasteiger partial charge in [0.25, 0.3) is 0 Å². The fourth-order valence-corrected chi connectivity index (χ4v) is 2.98. The van der Waals surface area contributed by atoms with Crippen LogP contribution in [0.5, 0.6) is 17.2 Å². The summed E-state index contributed by atoms with van der Waals surface area (Å²) in [5.41, 5.74) is 4.17. The van der Waals surface area contributed by atoms with Gasteiger partial charge in [-0.15, -0.1) is 0 Å². The Morgan fingerprint density at radius 2 is 1.65 bits per heavy atom. The third kappa shape index (κ3) is 3.43. The highest BCUT2D eigenvalue weighted by Gasteiger charge is 2.27. The summed E-state index contributed by atoms with van der Waals surface area (Å²) in [6, 6.07) is 21.8. The lowest BCUT2D eigenvalue weighted by Gasteiger charge is -2.26. The van der Waals surface area contributed by atoms with Gasteiger partial charge in [0.15, 0.2) is 0 Å². The molecule has 0 bridgehead atoms. The van der Waals surface area contributed by atoms with Crippen molar-refractivity contribution < 1.29 is 14.3 Å². The van der Waals surface area contributed by atoms with Crippen LogP contribution in [0.3, 0.4) is 0 Å². The Kier molecular flexibility index (Phi) is 5.26. The molecule has 4 rings (SSSR count). The molecular weight excluding hydrogens is 326 g/mol. The van der Waals surface area contributed by atoms with Crippen molar-refractivity contribution >= 4 is 0 Å². The minimum Gasteiger partial charge on any atom is -0.489 e. The standard InChI is InChI=1S/C21H19NO3.CH4/c1-14-6-8-15(9-7-14)13-23-16-10-11-18-20(12-16)24-19-5-3-2-4-17(19)21(18)25-22;/h2-12,21H,13,22H2,1H3;1H4. The molecule has 1 aliphatic rings. The molecule has 1 atom stereocenters. The molecule has 0 fully saturated rings. The Hall–Kier alpha value is -2.82. The Morgan fingerprint density at radius 3 is 2.42 bits per heavy atom. The lowest BCUT2D eigenvalue weighted by atomic mass is 9.97. The molecule has 0 radical (unpaired) electrons. The second-order valence-electron chi connectivity index (χ2n) is 6.13. The van der Waals surface area contributed by atoms with E-state index in [0.29, 0.717) is 12.4 Å². The quantitative estimate of drug-likeness (QED) is 0.650. The first-order chi connectivity index (χ1) is 12.2. The summed E-state index contributed by atoms with van der Waals surface area (Å²) in [6.45, 7) is 2.58. The van der Waals surface area contributed by atoms with Crippen molar-refractivity contribution in [3.63, 3.8) is 0 Å². The van der Waals surface area contributed by atoms with E-state index in [-0.39, 0.29) is 13.5 Å². The van der Waals surface area contributed by atoms with Crippen molar-refractivity contribution in [1.82, 2.24) is 0 Å². The van der Waals surface area contributed by atoms with Crippen LogP contribution in [0.25, 0.3) is 0 Å². The van der Waals surface area contributed by atoms with Crippen LogP contribution < -0.4 is 15.4 Å². The van der Waals surface area contributed by atoms with E-state index in [1.54, 1.807) is 0 Å². The van der Waals surface area contributed by atoms with Crippen LogP contribution in [0.2, 0.25) is 0 Å². The maximum atomic E-state index is 6.00. The normalized spacial score (nSPS) is 14.5. The summed E-state index contributed by atoms with van der Waals surface area (Å²) in [4.78, 5) is 5.20. The summed E-state index contributed by atoms with van der Waals surface area (Å²) in [6.07, 6.45) is -0.342. The van der Waals surface area contributed by atoms with E-state index in [1.165, 1.54) is 5.56 Å². The predicted molar refractivity (Wildman–Crippen MR) is 102 cm³/mol. The van der Waals surface area contributed by atoms with Crippen molar-refractivity contribution in [3.05, 3.63) is 89.0 Å². The fraction of sp³-hybridized carbons (Fsp3) is 0.182. The highest BCUT2D eigenvalue weighted by atomic mass is 16.6. The Morgan fingerprint density at radius 1 is 0.923 bits per heavy atom. The van der Waals surface area contributed by atoms with Crippen LogP contribution in [0.4, 0.5) is 0 Å². The third-order valence-corrected chi connectivity index (χ3v) is 4.35. The topological polar surface area (TPSA) is 53.7 Å². The second-order valence-corrected chi connectivity index (χ2v) is 6.13. The van der Waals surface area contributed by atoms with Crippen molar-refractivity contribution in [2.75, 3.05) is 0 Å². The number of ether oxygens (including phenoxy) is 2. The van der Waals surface area contributed by atoms with Gasteiger partial charge in [-0.1, -0.05) is 55.5 Å². The van der Waals surface area contributed by atoms with Crippen molar-refractivity contribution in [2.24, 2.45) is 5.90 Å². The maximum absolute atomic E-state index is 6.00. The summed E-state index contributed by atoms with van der Waals surface area (Å²) in [5.74, 6) is 7.73. The number of hydrogen-bond donors (Lipinski definition) is 1. The Bertz CT molecular complexity index is 890. The number of nitrogens with two attached hydrogens (primary N) is 1. The molecule has 0 spiro atoms. The van der Waals surface area contributed by atoms with Gasteiger partial charge in [-0.05, 0) is 30.7 Å². The number of fused-ring (bicyclic) bond motifs is 2. The van der Waals surface area contributed by atoms with Gasteiger partial charge in [-0.25, -0.2) is 5.90 Å². The van der Waals surface area contributed by atoms with Gasteiger partial charge in [0.05, 0.1) is 0 Å². The Labute approximate surface area is 154 Å². The van der Waals surface area contributed by atoms with E-state index in [1.807, 2.05) is 42.5 Å². The largest absolute Gasteiger partial charge is 0.489 e. The van der Waals surface area contributed by atoms with Crippen LogP contribution in [-0.2, 0) is 11.4 Å². The maximum Gasteiger partial charge on any atom is 0.137 e. The fourth-order valence-electron chi connectivity index (χ4n) is 2.98. The molecule has 3 aromatic rings. The van der Waals surface area contributed by atoms with Crippen LogP contribution in [0.1, 0.15) is 35.8 Å². The molecule has 4 nitrogen and oxygen atoms in total. The number of benzene rings is 3. The van der Waals surface area contributed by atoms with Crippen molar-refractivity contribution in [1.29, 1.82) is 0 Å². The average molecular weight is 349 g/mol. The zero-order valence-electron chi connectivity index (χ0n) is 13.9. The average Bonchev–Trinajstić information content (AvgIpc) is 2.65. The first-order valence-electron chi connectivity index (χ1n) is 8.19. The molecule has 3 aromatic carbocycles. The molecule has 0 aromatic heterocycles. The monoisotopic (exact) mass is 349 g/mol. The van der Waals surface area contributed by atoms with Gasteiger partial charge in [-0.2, -0.15) is 0 Å². The van der Waals surface area contributed by atoms with Crippen LogP contribution in [0, 0.1) is 6.92 Å². The zero-order chi connectivity index (χ0) is 17.2. The minimum absolute atomic E-state index is 0. The molecule has 0 amide bonds. The van der Waals surface area contributed by atoms with Crippen LogP contribution in [0.15, 0.2) is 66.7 Å². The van der Waals surface area contributed by atoms with Gasteiger partial charge < -0.3 is 9.47 Å². The molecule has 0 saturated carbocycles. The van der Waals surface area contributed by atoms with Crippen molar-refractivity contribution in [3.8, 4) is 17.2 Å². The van der Waals surface area contributed by atoms with Gasteiger partial charge in [-0.3, -0.25) is 4.84 Å². The summed E-state index contributed by atoms with van der Waals surface area (Å²) >= 11 is 0. The number of para-hydroxylation sites is 1. The van der Waals surface area contributed by atoms with E-state index in [2.05, 4.69) is 31.2 Å². The van der Waals surface area contributed by atoms with Crippen LogP contribution in [-0.4, -0.2) is 0 Å². The predicted octanol–water partition coefficient (Wildman–Crippen LogP) is 5.30. The number of hydrogen-bond acceptors (Lipinski definition) is 4. The number of rotatable bonds is 4. The molecule has 1 unspecified atom stereocenters. The van der Waals surface area contributed by atoms with Crippen LogP contribution >= 0.6 is 0 Å². The van der Waals surface area contributed by atoms with Gasteiger partial charge in [0.1, 0.15) is 30.0 Å². The molecule has 134 valence electrons. The van der Waals surface area contributed by atoms with E-state index in [9.17, 15) is 0 Å². The van der Waals surface area contributed by atoms with Gasteiger partial charge in [0, 0.05) is 17.2 Å². The molecule has 1 aliphatic heterocycles. The smallest absolute Gasteiger partial charge is 0.137 e. The molecule has 4 heteroatoms. The highest BCUT2D eigenvalue weighted by molar-refractivity contribution is 5.54. The molecular formula is C22H23NO3. The lowest BCUT2D eigenvalue weighted by Crippen LogP contribution is -2.16. The first kappa shape index (κ1) is 18.0. The number of aryl methyl sites for hydroxylation is 1.